The summed E-state index contributed by atoms with van der Waals surface area (Å²) in [5, 5.41) is 19.0. The Labute approximate surface area is 151 Å². The average molecular weight is 392 g/mol. The summed E-state index contributed by atoms with van der Waals surface area (Å²) in [6, 6.07) is -1.39. The summed E-state index contributed by atoms with van der Waals surface area (Å²) in [7, 11) is -3.71. The molecule has 0 aromatic carbocycles. The SMILES string of the molecule is CCOP(=O)(OCC)c1cnnn1C[C@H](NC(=O)OC(C)(C)C)C(=O)O. The molecule has 26 heavy (non-hydrogen) atoms. The molecule has 1 aromatic rings. The molecule has 1 aromatic heterocycles. The first-order chi connectivity index (χ1) is 12.0. The summed E-state index contributed by atoms with van der Waals surface area (Å²) >= 11 is 0. The molecule has 0 radical (unpaired) electrons. The Hall–Kier alpha value is -1.97. The highest BCUT2D eigenvalue weighted by atomic mass is 31.2. The number of carbonyl (C=O) groups excluding carboxylic acids is 1. The summed E-state index contributed by atoms with van der Waals surface area (Å²) < 4.78 is 29.4. The third-order valence-corrected chi connectivity index (χ3v) is 4.92. The van der Waals surface area contributed by atoms with E-state index >= 15 is 0 Å². The van der Waals surface area contributed by atoms with Gasteiger partial charge in [0, 0.05) is 0 Å². The van der Waals surface area contributed by atoms with Gasteiger partial charge in [0.05, 0.1) is 26.0 Å². The Kier molecular flexibility index (Phi) is 7.73. The van der Waals surface area contributed by atoms with E-state index in [9.17, 15) is 19.3 Å². The zero-order valence-electron chi connectivity index (χ0n) is 15.5. The van der Waals surface area contributed by atoms with Crippen LogP contribution in [0.3, 0.4) is 0 Å². The lowest BCUT2D eigenvalue weighted by Gasteiger charge is -2.22. The van der Waals surface area contributed by atoms with Crippen molar-refractivity contribution in [3.8, 4) is 0 Å². The van der Waals surface area contributed by atoms with E-state index in [1.54, 1.807) is 34.6 Å². The zero-order chi connectivity index (χ0) is 20.0. The number of carboxylic acids is 1. The van der Waals surface area contributed by atoms with Crippen molar-refractivity contribution in [3.05, 3.63) is 6.20 Å². The standard InChI is InChI=1S/C14H25N4O7P/c1-6-23-26(22,24-7-2)11-8-15-17-18(11)9-10(12(19)20)16-13(21)25-14(3,4)5/h8,10H,6-7,9H2,1-5H3,(H,16,21)(H,19,20)/t10-/m0/s1. The van der Waals surface area contributed by atoms with Gasteiger partial charge in [0.25, 0.3) is 0 Å². The summed E-state index contributed by atoms with van der Waals surface area (Å²) in [5.74, 6) is -1.32. The minimum Gasteiger partial charge on any atom is -0.480 e. The first-order valence-corrected chi connectivity index (χ1v) is 9.57. The quantitative estimate of drug-likeness (QED) is 0.592. The summed E-state index contributed by atoms with van der Waals surface area (Å²) in [6.07, 6.45) is 0.280. The van der Waals surface area contributed by atoms with Gasteiger partial charge in [-0.3, -0.25) is 4.57 Å². The van der Waals surface area contributed by atoms with E-state index in [2.05, 4.69) is 15.6 Å². The van der Waals surface area contributed by atoms with Crippen molar-refractivity contribution in [2.75, 3.05) is 13.2 Å². The van der Waals surface area contributed by atoms with Crippen LogP contribution < -0.4 is 10.8 Å². The molecule has 2 N–H and O–H groups in total. The molecule has 0 fully saturated rings. The Morgan fingerprint density at radius 2 is 1.88 bits per heavy atom. The smallest absolute Gasteiger partial charge is 0.408 e. The molecule has 1 heterocycles. The lowest BCUT2D eigenvalue weighted by Crippen LogP contribution is -2.47. The topological polar surface area (TPSA) is 142 Å². The van der Waals surface area contributed by atoms with Gasteiger partial charge in [0.2, 0.25) is 0 Å². The van der Waals surface area contributed by atoms with Gasteiger partial charge in [0.1, 0.15) is 11.6 Å². The highest BCUT2D eigenvalue weighted by Crippen LogP contribution is 2.46. The number of ether oxygens (including phenoxy) is 1. The second-order valence-corrected chi connectivity index (χ2v) is 8.11. The summed E-state index contributed by atoms with van der Waals surface area (Å²) in [6.45, 7) is 8.12. The largest absolute Gasteiger partial charge is 0.480 e. The van der Waals surface area contributed by atoms with Gasteiger partial charge in [-0.25, -0.2) is 14.3 Å². The van der Waals surface area contributed by atoms with E-state index in [1.165, 1.54) is 6.20 Å². The first-order valence-electron chi connectivity index (χ1n) is 8.03. The van der Waals surface area contributed by atoms with Crippen molar-refractivity contribution in [2.24, 2.45) is 0 Å². The lowest BCUT2D eigenvalue weighted by atomic mass is 10.2. The van der Waals surface area contributed by atoms with Crippen LogP contribution in [0.15, 0.2) is 6.20 Å². The fraction of sp³-hybridized carbons (Fsp3) is 0.714. The number of aromatic nitrogens is 3. The van der Waals surface area contributed by atoms with Crippen molar-refractivity contribution in [2.45, 2.75) is 52.8 Å². The number of nitrogens with one attached hydrogen (secondary N) is 1. The molecule has 0 unspecified atom stereocenters. The number of carbonyl (C=O) groups is 2. The van der Waals surface area contributed by atoms with E-state index in [4.69, 9.17) is 13.8 Å². The predicted octanol–water partition coefficient (Wildman–Crippen LogP) is 1.15. The van der Waals surface area contributed by atoms with E-state index in [1.807, 2.05) is 0 Å². The molecule has 0 saturated heterocycles. The third-order valence-electron chi connectivity index (χ3n) is 2.82. The van der Waals surface area contributed by atoms with Crippen molar-refractivity contribution >= 4 is 25.1 Å². The molecule has 11 nitrogen and oxygen atoms in total. The van der Waals surface area contributed by atoms with Gasteiger partial charge in [-0.1, -0.05) is 5.21 Å². The molecular formula is C14H25N4O7P. The molecular weight excluding hydrogens is 367 g/mol. The van der Waals surface area contributed by atoms with Crippen molar-refractivity contribution in [3.63, 3.8) is 0 Å². The number of hydrogen-bond donors (Lipinski definition) is 2. The molecule has 0 aliphatic rings. The highest BCUT2D eigenvalue weighted by Gasteiger charge is 2.34. The molecule has 0 aliphatic heterocycles. The molecule has 148 valence electrons. The average Bonchev–Trinajstić information content (AvgIpc) is 2.94. The second-order valence-electron chi connectivity index (χ2n) is 6.14. The van der Waals surface area contributed by atoms with Crippen LogP contribution in [0.1, 0.15) is 34.6 Å². The number of rotatable bonds is 9. The van der Waals surface area contributed by atoms with E-state index < -0.39 is 31.3 Å². The van der Waals surface area contributed by atoms with Crippen molar-refractivity contribution in [1.82, 2.24) is 20.3 Å². The fourth-order valence-electron chi connectivity index (χ4n) is 1.91. The number of aliphatic carboxylic acids is 1. The lowest BCUT2D eigenvalue weighted by molar-refractivity contribution is -0.139. The minimum atomic E-state index is -3.71. The normalized spacial score (nSPS) is 13.3. The maximum Gasteiger partial charge on any atom is 0.408 e. The number of carboxylic acid groups (broad SMARTS) is 1. The Balaban J connectivity index is 3.01. The van der Waals surface area contributed by atoms with Gasteiger partial charge in [-0.2, -0.15) is 0 Å². The minimum absolute atomic E-state index is 0.00145. The molecule has 0 bridgehead atoms. The van der Waals surface area contributed by atoms with Crippen LogP contribution >= 0.6 is 7.60 Å². The van der Waals surface area contributed by atoms with E-state index in [0.29, 0.717) is 0 Å². The van der Waals surface area contributed by atoms with E-state index in [0.717, 1.165) is 4.68 Å². The number of hydrogen-bond acceptors (Lipinski definition) is 8. The molecule has 1 atom stereocenters. The first kappa shape index (κ1) is 22.1. The van der Waals surface area contributed by atoms with Crippen LogP contribution in [0.25, 0.3) is 0 Å². The van der Waals surface area contributed by atoms with Crippen molar-refractivity contribution < 1.29 is 33.0 Å². The van der Waals surface area contributed by atoms with E-state index in [-0.39, 0.29) is 25.2 Å². The molecule has 0 spiro atoms. The predicted molar refractivity (Wildman–Crippen MR) is 91.3 cm³/mol. The Bertz CT molecular complexity index is 660. The molecule has 0 aliphatic carbocycles. The Morgan fingerprint density at radius 1 is 1.31 bits per heavy atom. The van der Waals surface area contributed by atoms with Crippen LogP contribution in [0, 0.1) is 0 Å². The van der Waals surface area contributed by atoms with Crippen LogP contribution in [-0.4, -0.2) is 57.0 Å². The number of nitrogens with zero attached hydrogens (tertiary/aromatic N) is 3. The van der Waals surface area contributed by atoms with Crippen LogP contribution in [0.2, 0.25) is 0 Å². The molecule has 12 heteroatoms. The number of alkyl carbamates (subject to hydrolysis) is 1. The van der Waals surface area contributed by atoms with Gasteiger partial charge in [-0.05, 0) is 34.6 Å². The highest BCUT2D eigenvalue weighted by molar-refractivity contribution is 7.61. The molecule has 1 rings (SSSR count). The van der Waals surface area contributed by atoms with Crippen LogP contribution in [-0.2, 0) is 29.7 Å². The maximum atomic E-state index is 12.9. The van der Waals surface area contributed by atoms with Gasteiger partial charge < -0.3 is 24.2 Å². The molecule has 0 saturated carbocycles. The van der Waals surface area contributed by atoms with Crippen LogP contribution in [0.4, 0.5) is 4.79 Å². The maximum absolute atomic E-state index is 12.9. The number of amides is 1. The third kappa shape index (κ3) is 6.40. The fourth-order valence-corrected chi connectivity index (χ4v) is 3.53. The van der Waals surface area contributed by atoms with Gasteiger partial charge >= 0.3 is 19.7 Å². The van der Waals surface area contributed by atoms with Crippen LogP contribution in [0.5, 0.6) is 0 Å². The second kappa shape index (κ2) is 9.11. The van der Waals surface area contributed by atoms with Gasteiger partial charge in [-0.15, -0.1) is 5.10 Å². The monoisotopic (exact) mass is 392 g/mol. The Morgan fingerprint density at radius 3 is 2.35 bits per heavy atom. The summed E-state index contributed by atoms with van der Waals surface area (Å²) in [5.41, 5.74) is -0.788. The zero-order valence-corrected chi connectivity index (χ0v) is 16.4. The molecule has 1 amide bonds. The van der Waals surface area contributed by atoms with Gasteiger partial charge in [0.15, 0.2) is 5.44 Å². The van der Waals surface area contributed by atoms with Crippen molar-refractivity contribution in [1.29, 1.82) is 0 Å². The summed E-state index contributed by atoms with van der Waals surface area (Å²) in [4.78, 5) is 23.3.